The number of rotatable bonds is 4. The van der Waals surface area contributed by atoms with Crippen molar-refractivity contribution in [3.8, 4) is 0 Å². The molecule has 3 heteroatoms. The van der Waals surface area contributed by atoms with Crippen LogP contribution in [0.2, 0.25) is 0 Å². The third kappa shape index (κ3) is 2.34. The lowest BCUT2D eigenvalue weighted by Gasteiger charge is -2.15. The van der Waals surface area contributed by atoms with Gasteiger partial charge in [0.25, 0.3) is 0 Å². The van der Waals surface area contributed by atoms with Crippen molar-refractivity contribution in [2.24, 2.45) is 4.99 Å². The fourth-order valence-electron chi connectivity index (χ4n) is 0.797. The molecule has 2 nitrogen and oxygen atoms in total. The van der Waals surface area contributed by atoms with Crippen LogP contribution in [0.4, 0.5) is 4.39 Å². The molecule has 66 valence electrons. The number of hydrogen-bond acceptors (Lipinski definition) is 2. The van der Waals surface area contributed by atoms with Crippen LogP contribution >= 0.6 is 0 Å². The molecule has 0 aliphatic carbocycles. The van der Waals surface area contributed by atoms with E-state index in [2.05, 4.69) is 24.9 Å². The minimum Gasteiger partial charge on any atom is -0.376 e. The summed E-state index contributed by atoms with van der Waals surface area (Å²) in [7, 11) is 3.54. The van der Waals surface area contributed by atoms with Gasteiger partial charge in [0.1, 0.15) is 11.5 Å². The zero-order valence-electron chi connectivity index (χ0n) is 7.47. The van der Waals surface area contributed by atoms with Crippen molar-refractivity contribution in [1.82, 2.24) is 4.90 Å². The lowest BCUT2D eigenvalue weighted by molar-refractivity contribution is 0.516. The van der Waals surface area contributed by atoms with Crippen molar-refractivity contribution < 1.29 is 4.39 Å². The van der Waals surface area contributed by atoms with Crippen LogP contribution in [0, 0.1) is 0 Å². The van der Waals surface area contributed by atoms with Crippen LogP contribution < -0.4 is 0 Å². The molecule has 0 fully saturated rings. The lowest BCUT2D eigenvalue weighted by Crippen LogP contribution is -2.11. The van der Waals surface area contributed by atoms with E-state index in [1.807, 2.05) is 0 Å². The van der Waals surface area contributed by atoms with Gasteiger partial charge in [0.2, 0.25) is 0 Å². The van der Waals surface area contributed by atoms with E-state index in [0.717, 1.165) is 0 Å². The van der Waals surface area contributed by atoms with Crippen LogP contribution in [0.1, 0.15) is 0 Å². The van der Waals surface area contributed by atoms with Crippen molar-refractivity contribution in [2.75, 3.05) is 14.1 Å². The minimum absolute atomic E-state index is 0.134. The molecule has 0 radical (unpaired) electrons. The van der Waals surface area contributed by atoms with Crippen molar-refractivity contribution in [3.05, 3.63) is 36.5 Å². The number of allylic oxidation sites excluding steroid dienone is 2. The Balaban J connectivity index is 5.14. The average molecular weight is 168 g/mol. The predicted molar refractivity (Wildman–Crippen MR) is 50.7 cm³/mol. The minimum atomic E-state index is -0.603. The van der Waals surface area contributed by atoms with Gasteiger partial charge in [-0.05, 0) is 12.8 Å². The molecule has 0 heterocycles. The molecule has 0 aromatic rings. The molecule has 0 unspecified atom stereocenters. The Morgan fingerprint density at radius 1 is 1.50 bits per heavy atom. The molecule has 0 aromatic heterocycles. The molecule has 0 aliphatic rings. The first-order valence-electron chi connectivity index (χ1n) is 3.40. The topological polar surface area (TPSA) is 15.6 Å². The van der Waals surface area contributed by atoms with Gasteiger partial charge in [-0.2, -0.15) is 0 Å². The molecule has 0 rings (SSSR count). The van der Waals surface area contributed by atoms with E-state index in [-0.39, 0.29) is 5.70 Å². The van der Waals surface area contributed by atoms with Gasteiger partial charge in [-0.25, -0.2) is 4.39 Å². The monoisotopic (exact) mass is 168 g/mol. The standard InChI is InChI=1S/C9H13FN2/c1-6-8(12(4)5)9(11-3)7(2)10/h6H,1-3H2,4-5H3/b9-8-. The summed E-state index contributed by atoms with van der Waals surface area (Å²) in [6.07, 6.45) is 1.51. The van der Waals surface area contributed by atoms with E-state index in [1.165, 1.54) is 6.08 Å². The Bertz CT molecular complexity index is 239. The first kappa shape index (κ1) is 10.6. The van der Waals surface area contributed by atoms with Gasteiger partial charge in [0, 0.05) is 14.1 Å². The SMILES string of the molecule is C=C/C(=C(/N=C)C(=C)F)N(C)C. The zero-order valence-corrected chi connectivity index (χ0v) is 7.47. The second-order valence-electron chi connectivity index (χ2n) is 2.40. The summed E-state index contributed by atoms with van der Waals surface area (Å²) in [5.74, 6) is -0.603. The van der Waals surface area contributed by atoms with Crippen molar-refractivity contribution in [3.63, 3.8) is 0 Å². The highest BCUT2D eigenvalue weighted by Crippen LogP contribution is 2.17. The lowest BCUT2D eigenvalue weighted by atomic mass is 10.3. The normalized spacial score (nSPS) is 11.6. The number of likely N-dealkylation sites (N-methyl/N-ethyl adjacent to an activating group) is 1. The number of halogens is 1. The highest BCUT2D eigenvalue weighted by atomic mass is 19.1. The fourth-order valence-corrected chi connectivity index (χ4v) is 0.797. The summed E-state index contributed by atoms with van der Waals surface area (Å²) >= 11 is 0. The zero-order chi connectivity index (χ0) is 9.72. The van der Waals surface area contributed by atoms with E-state index in [4.69, 9.17) is 0 Å². The van der Waals surface area contributed by atoms with Gasteiger partial charge in [-0.1, -0.05) is 13.2 Å². The first-order chi connectivity index (χ1) is 5.54. The molecular weight excluding hydrogens is 155 g/mol. The summed E-state index contributed by atoms with van der Waals surface area (Å²) in [6.45, 7) is 9.93. The molecule has 0 saturated heterocycles. The summed E-state index contributed by atoms with van der Waals surface area (Å²) in [5, 5.41) is 0. The van der Waals surface area contributed by atoms with Crippen LogP contribution in [0.15, 0.2) is 41.4 Å². The van der Waals surface area contributed by atoms with Gasteiger partial charge in [-0.15, -0.1) is 0 Å². The van der Waals surface area contributed by atoms with E-state index < -0.39 is 5.83 Å². The van der Waals surface area contributed by atoms with Crippen LogP contribution in [-0.2, 0) is 0 Å². The third-order valence-electron chi connectivity index (χ3n) is 1.33. The van der Waals surface area contributed by atoms with Gasteiger partial charge >= 0.3 is 0 Å². The van der Waals surface area contributed by atoms with E-state index >= 15 is 0 Å². The van der Waals surface area contributed by atoms with E-state index in [0.29, 0.717) is 5.70 Å². The van der Waals surface area contributed by atoms with Gasteiger partial charge in [0.15, 0.2) is 0 Å². The number of aliphatic imine (C=N–C) groups is 1. The maximum Gasteiger partial charge on any atom is 0.143 e. The highest BCUT2D eigenvalue weighted by Gasteiger charge is 2.06. The second-order valence-corrected chi connectivity index (χ2v) is 2.40. The van der Waals surface area contributed by atoms with Gasteiger partial charge in [0.05, 0.1) is 5.70 Å². The largest absolute Gasteiger partial charge is 0.376 e. The van der Waals surface area contributed by atoms with Crippen molar-refractivity contribution in [2.45, 2.75) is 0 Å². The first-order valence-corrected chi connectivity index (χ1v) is 3.40. The van der Waals surface area contributed by atoms with Gasteiger partial charge in [-0.3, -0.25) is 4.99 Å². The smallest absolute Gasteiger partial charge is 0.143 e. The molecule has 0 saturated carbocycles. The summed E-state index contributed by atoms with van der Waals surface area (Å²) < 4.78 is 12.7. The molecule has 12 heavy (non-hydrogen) atoms. The van der Waals surface area contributed by atoms with Crippen LogP contribution in [0.5, 0.6) is 0 Å². The number of hydrogen-bond donors (Lipinski definition) is 0. The molecule has 0 spiro atoms. The van der Waals surface area contributed by atoms with Gasteiger partial charge < -0.3 is 4.90 Å². The highest BCUT2D eigenvalue weighted by molar-refractivity contribution is 5.40. The fraction of sp³-hybridized carbons (Fsp3) is 0.222. The van der Waals surface area contributed by atoms with Crippen molar-refractivity contribution >= 4 is 6.72 Å². The molecule has 0 bridgehead atoms. The summed E-state index contributed by atoms with van der Waals surface area (Å²) in [6, 6.07) is 0. The Kier molecular flexibility index (Phi) is 3.97. The summed E-state index contributed by atoms with van der Waals surface area (Å²) in [5.41, 5.74) is 0.701. The molecule has 0 atom stereocenters. The number of nitrogens with zero attached hydrogens (tertiary/aromatic N) is 2. The maximum absolute atomic E-state index is 12.7. The Morgan fingerprint density at radius 2 is 2.00 bits per heavy atom. The molecule has 0 N–H and O–H groups in total. The maximum atomic E-state index is 12.7. The Morgan fingerprint density at radius 3 is 2.08 bits per heavy atom. The molecule has 0 aromatic carbocycles. The van der Waals surface area contributed by atoms with E-state index in [9.17, 15) is 4.39 Å². The van der Waals surface area contributed by atoms with E-state index in [1.54, 1.807) is 19.0 Å². The summed E-state index contributed by atoms with van der Waals surface area (Å²) in [4.78, 5) is 5.22. The molecule has 0 amide bonds. The third-order valence-corrected chi connectivity index (χ3v) is 1.33. The predicted octanol–water partition coefficient (Wildman–Crippen LogP) is 2.13. The Labute approximate surface area is 72.4 Å². The molecular formula is C9H13FN2. The van der Waals surface area contributed by atoms with Crippen molar-refractivity contribution in [1.29, 1.82) is 0 Å². The average Bonchev–Trinajstić information content (AvgIpc) is 1.98. The Hall–Kier alpha value is -1.38. The van der Waals surface area contributed by atoms with Crippen LogP contribution in [0.25, 0.3) is 0 Å². The van der Waals surface area contributed by atoms with Crippen LogP contribution in [0.3, 0.4) is 0 Å². The van der Waals surface area contributed by atoms with Crippen LogP contribution in [-0.4, -0.2) is 25.7 Å². The quantitative estimate of drug-likeness (QED) is 0.464. The molecule has 0 aliphatic heterocycles. The second kappa shape index (κ2) is 4.49.